The van der Waals surface area contributed by atoms with Crippen molar-refractivity contribution in [1.82, 2.24) is 4.57 Å². The summed E-state index contributed by atoms with van der Waals surface area (Å²) in [4.78, 5) is 0.414. The Hall–Kier alpha value is -1.84. The van der Waals surface area contributed by atoms with Gasteiger partial charge in [0.1, 0.15) is 4.99 Å². The Balaban J connectivity index is 2.06. The summed E-state index contributed by atoms with van der Waals surface area (Å²) in [5.74, 6) is 0. The number of benzene rings is 2. The Bertz CT molecular complexity index is 792. The van der Waals surface area contributed by atoms with Crippen molar-refractivity contribution >= 4 is 39.7 Å². The van der Waals surface area contributed by atoms with Crippen LogP contribution >= 0.6 is 23.8 Å². The predicted molar refractivity (Wildman–Crippen MR) is 88.4 cm³/mol. The molecule has 0 aliphatic carbocycles. The molecule has 0 amide bonds. The van der Waals surface area contributed by atoms with Crippen LogP contribution in [0.5, 0.6) is 0 Å². The van der Waals surface area contributed by atoms with Crippen molar-refractivity contribution in [2.75, 3.05) is 0 Å². The number of aromatic nitrogens is 1. The minimum atomic E-state index is 0.414. The molecule has 0 saturated carbocycles. The Morgan fingerprint density at radius 3 is 2.70 bits per heavy atom. The maximum absolute atomic E-state index is 6.22. The number of thiocarbonyl (C=S) groups is 1. The molecule has 0 spiro atoms. The zero-order valence-electron chi connectivity index (χ0n) is 10.7. The lowest BCUT2D eigenvalue weighted by Gasteiger charge is -2.08. The smallest absolute Gasteiger partial charge is 0.104 e. The van der Waals surface area contributed by atoms with Crippen molar-refractivity contribution in [2.24, 2.45) is 5.73 Å². The van der Waals surface area contributed by atoms with Gasteiger partial charge in [-0.1, -0.05) is 54.2 Å². The fourth-order valence-electron chi connectivity index (χ4n) is 2.29. The minimum absolute atomic E-state index is 0.414. The average Bonchev–Trinajstić information content (AvgIpc) is 2.84. The van der Waals surface area contributed by atoms with Crippen LogP contribution in [0.4, 0.5) is 0 Å². The predicted octanol–water partition coefficient (Wildman–Crippen LogP) is 3.98. The molecule has 20 heavy (non-hydrogen) atoms. The van der Waals surface area contributed by atoms with Gasteiger partial charge in [0, 0.05) is 28.8 Å². The van der Waals surface area contributed by atoms with Crippen LogP contribution in [0, 0.1) is 0 Å². The van der Waals surface area contributed by atoms with Gasteiger partial charge in [0.2, 0.25) is 0 Å². The van der Waals surface area contributed by atoms with Gasteiger partial charge in [-0.3, -0.25) is 0 Å². The van der Waals surface area contributed by atoms with Crippen molar-refractivity contribution in [3.63, 3.8) is 0 Å². The van der Waals surface area contributed by atoms with Crippen molar-refractivity contribution < 1.29 is 0 Å². The largest absolute Gasteiger partial charge is 0.389 e. The molecule has 0 aliphatic rings. The third-order valence-electron chi connectivity index (χ3n) is 3.36. The Kier molecular flexibility index (Phi) is 3.47. The van der Waals surface area contributed by atoms with E-state index in [0.717, 1.165) is 33.6 Å². The fourth-order valence-corrected chi connectivity index (χ4v) is 2.61. The molecule has 0 aliphatic heterocycles. The number of halogens is 1. The third-order valence-corrected chi connectivity index (χ3v) is 3.96. The molecule has 0 saturated heterocycles. The molecule has 1 heterocycles. The van der Waals surface area contributed by atoms with Crippen LogP contribution in [-0.2, 0) is 6.54 Å². The van der Waals surface area contributed by atoms with Gasteiger partial charge >= 0.3 is 0 Å². The first-order valence-electron chi connectivity index (χ1n) is 6.27. The lowest BCUT2D eigenvalue weighted by atomic mass is 10.1. The zero-order valence-corrected chi connectivity index (χ0v) is 12.3. The van der Waals surface area contributed by atoms with Crippen LogP contribution in [0.25, 0.3) is 10.9 Å². The van der Waals surface area contributed by atoms with E-state index in [-0.39, 0.29) is 0 Å². The molecule has 0 bridgehead atoms. The van der Waals surface area contributed by atoms with Gasteiger partial charge in [0.25, 0.3) is 0 Å². The molecule has 0 unspecified atom stereocenters. The highest BCUT2D eigenvalue weighted by Gasteiger charge is 2.06. The van der Waals surface area contributed by atoms with Gasteiger partial charge in [-0.2, -0.15) is 0 Å². The molecule has 2 nitrogen and oxygen atoms in total. The summed E-state index contributed by atoms with van der Waals surface area (Å²) >= 11 is 11.3. The van der Waals surface area contributed by atoms with Crippen molar-refractivity contribution in [2.45, 2.75) is 6.54 Å². The van der Waals surface area contributed by atoms with Gasteiger partial charge in [-0.25, -0.2) is 0 Å². The van der Waals surface area contributed by atoms with E-state index in [1.165, 1.54) is 0 Å². The first-order chi connectivity index (χ1) is 9.65. The van der Waals surface area contributed by atoms with Crippen molar-refractivity contribution in [3.05, 3.63) is 70.9 Å². The maximum Gasteiger partial charge on any atom is 0.104 e. The van der Waals surface area contributed by atoms with E-state index in [0.29, 0.717) is 4.99 Å². The highest BCUT2D eigenvalue weighted by Crippen LogP contribution is 2.22. The van der Waals surface area contributed by atoms with Crippen LogP contribution in [0.3, 0.4) is 0 Å². The van der Waals surface area contributed by atoms with Crippen molar-refractivity contribution in [1.29, 1.82) is 0 Å². The average molecular weight is 301 g/mol. The fraction of sp³-hybridized carbons (Fsp3) is 0.0625. The van der Waals surface area contributed by atoms with E-state index < -0.39 is 0 Å². The van der Waals surface area contributed by atoms with E-state index >= 15 is 0 Å². The monoisotopic (exact) mass is 300 g/mol. The number of nitrogens with zero attached hydrogens (tertiary/aromatic N) is 1. The molecule has 4 heteroatoms. The maximum atomic E-state index is 6.22. The minimum Gasteiger partial charge on any atom is -0.389 e. The highest BCUT2D eigenvalue weighted by molar-refractivity contribution is 7.80. The van der Waals surface area contributed by atoms with Crippen molar-refractivity contribution in [3.8, 4) is 0 Å². The molecule has 0 radical (unpaired) electrons. The van der Waals surface area contributed by atoms with Crippen LogP contribution < -0.4 is 5.73 Å². The second-order valence-electron chi connectivity index (χ2n) is 4.67. The summed E-state index contributed by atoms with van der Waals surface area (Å²) < 4.78 is 2.15. The second kappa shape index (κ2) is 5.27. The number of rotatable bonds is 3. The molecule has 1 aromatic heterocycles. The van der Waals surface area contributed by atoms with Crippen LogP contribution in [0.2, 0.25) is 5.02 Å². The van der Waals surface area contributed by atoms with E-state index in [9.17, 15) is 0 Å². The summed E-state index contributed by atoms with van der Waals surface area (Å²) in [6, 6.07) is 16.0. The molecule has 2 aromatic carbocycles. The van der Waals surface area contributed by atoms with Crippen LogP contribution in [-0.4, -0.2) is 9.56 Å². The molecule has 0 fully saturated rings. The van der Waals surface area contributed by atoms with Crippen LogP contribution in [0.15, 0.2) is 54.7 Å². The number of fused-ring (bicyclic) bond motifs is 1. The highest BCUT2D eigenvalue weighted by atomic mass is 35.5. The SMILES string of the molecule is NC(=S)c1ccc2ccn(Cc3ccccc3Cl)c2c1. The third kappa shape index (κ3) is 2.42. The Labute approximate surface area is 127 Å². The topological polar surface area (TPSA) is 30.9 Å². The first kappa shape index (κ1) is 13.2. The quantitative estimate of drug-likeness (QED) is 0.742. The molecule has 100 valence electrons. The number of hydrogen-bond acceptors (Lipinski definition) is 1. The zero-order chi connectivity index (χ0) is 14.1. The lowest BCUT2D eigenvalue weighted by molar-refractivity contribution is 0.837. The summed E-state index contributed by atoms with van der Waals surface area (Å²) in [6.07, 6.45) is 2.05. The molecule has 0 atom stereocenters. The summed E-state index contributed by atoms with van der Waals surface area (Å²) in [7, 11) is 0. The van der Waals surface area contributed by atoms with Crippen LogP contribution in [0.1, 0.15) is 11.1 Å². The van der Waals surface area contributed by atoms with E-state index in [4.69, 9.17) is 29.6 Å². The Morgan fingerprint density at radius 2 is 1.95 bits per heavy atom. The summed E-state index contributed by atoms with van der Waals surface area (Å²) in [6.45, 7) is 0.726. The van der Waals surface area contributed by atoms with Gasteiger partial charge in [0.05, 0.1) is 0 Å². The molecular formula is C16H13ClN2S. The lowest BCUT2D eigenvalue weighted by Crippen LogP contribution is -2.09. The molecule has 3 aromatic rings. The number of nitrogens with two attached hydrogens (primary N) is 1. The summed E-state index contributed by atoms with van der Waals surface area (Å²) in [5, 5.41) is 1.94. The van der Waals surface area contributed by atoms with E-state index in [1.54, 1.807) is 0 Å². The normalized spacial score (nSPS) is 10.8. The van der Waals surface area contributed by atoms with E-state index in [1.807, 2.05) is 42.5 Å². The molecule has 3 rings (SSSR count). The van der Waals surface area contributed by atoms with Gasteiger partial charge in [-0.05, 0) is 29.1 Å². The van der Waals surface area contributed by atoms with Gasteiger partial charge in [-0.15, -0.1) is 0 Å². The van der Waals surface area contributed by atoms with E-state index in [2.05, 4.69) is 16.8 Å². The van der Waals surface area contributed by atoms with Gasteiger partial charge in [0.15, 0.2) is 0 Å². The Morgan fingerprint density at radius 1 is 1.15 bits per heavy atom. The molecule has 2 N–H and O–H groups in total. The second-order valence-corrected chi connectivity index (χ2v) is 5.52. The number of hydrogen-bond donors (Lipinski definition) is 1. The molecular weight excluding hydrogens is 288 g/mol. The standard InChI is InChI=1S/C16H13ClN2S/c17-14-4-2-1-3-13(14)10-19-8-7-11-5-6-12(16(18)20)9-15(11)19/h1-9H,10H2,(H2,18,20). The van der Waals surface area contributed by atoms with Gasteiger partial charge < -0.3 is 10.3 Å². The first-order valence-corrected chi connectivity index (χ1v) is 7.06. The summed E-state index contributed by atoms with van der Waals surface area (Å²) in [5.41, 5.74) is 8.78.